The van der Waals surface area contributed by atoms with Crippen LogP contribution in [0.4, 0.5) is 0 Å². The Morgan fingerprint density at radius 3 is 2.50 bits per heavy atom. The molecule has 0 radical (unpaired) electrons. The van der Waals surface area contributed by atoms with Crippen LogP contribution in [0.2, 0.25) is 0 Å². The lowest BCUT2D eigenvalue weighted by Gasteiger charge is -2.24. The zero-order valence-corrected chi connectivity index (χ0v) is 13.4. The van der Waals surface area contributed by atoms with Crippen molar-refractivity contribution in [1.82, 2.24) is 5.32 Å². The molecule has 1 aliphatic carbocycles. The zero-order valence-electron chi connectivity index (χ0n) is 11.1. The van der Waals surface area contributed by atoms with Crippen molar-refractivity contribution >= 4 is 29.9 Å². The first-order valence-electron chi connectivity index (χ1n) is 7.02. The first kappa shape index (κ1) is 16.0. The van der Waals surface area contributed by atoms with E-state index in [0.717, 1.165) is 13.0 Å². The second-order valence-corrected chi connectivity index (χ2v) is 5.19. The number of guanidine groups is 1. The highest BCUT2D eigenvalue weighted by atomic mass is 127. The summed E-state index contributed by atoms with van der Waals surface area (Å²) in [5, 5.41) is 3.33. The van der Waals surface area contributed by atoms with Crippen molar-refractivity contribution in [2.45, 2.75) is 63.5 Å². The van der Waals surface area contributed by atoms with Gasteiger partial charge in [0.25, 0.3) is 0 Å². The van der Waals surface area contributed by atoms with Gasteiger partial charge in [0, 0.05) is 12.6 Å². The number of ether oxygens (including phenoxy) is 1. The molecule has 1 saturated carbocycles. The minimum absolute atomic E-state index is 0. The van der Waals surface area contributed by atoms with E-state index in [1.165, 1.54) is 44.9 Å². The molecule has 2 rings (SSSR count). The third-order valence-corrected chi connectivity index (χ3v) is 3.70. The molecular formula is C13H26IN3O. The van der Waals surface area contributed by atoms with Gasteiger partial charge < -0.3 is 15.8 Å². The zero-order chi connectivity index (χ0) is 11.9. The Kier molecular flexibility index (Phi) is 7.97. The van der Waals surface area contributed by atoms with E-state index in [1.807, 2.05) is 0 Å². The highest BCUT2D eigenvalue weighted by Crippen LogP contribution is 2.17. The van der Waals surface area contributed by atoms with Gasteiger partial charge >= 0.3 is 0 Å². The van der Waals surface area contributed by atoms with E-state index >= 15 is 0 Å². The van der Waals surface area contributed by atoms with E-state index in [2.05, 4.69) is 10.3 Å². The van der Waals surface area contributed by atoms with E-state index in [9.17, 15) is 0 Å². The third kappa shape index (κ3) is 5.73. The average Bonchev–Trinajstić information content (AvgIpc) is 2.39. The molecule has 0 spiro atoms. The van der Waals surface area contributed by atoms with Gasteiger partial charge in [-0.15, -0.1) is 24.0 Å². The molecule has 1 unspecified atom stereocenters. The van der Waals surface area contributed by atoms with Crippen LogP contribution in [0, 0.1) is 0 Å². The highest BCUT2D eigenvalue weighted by molar-refractivity contribution is 14.0. The molecule has 18 heavy (non-hydrogen) atoms. The Balaban J connectivity index is 0.00000162. The summed E-state index contributed by atoms with van der Waals surface area (Å²) >= 11 is 0. The predicted octanol–water partition coefficient (Wildman–Crippen LogP) is 2.41. The van der Waals surface area contributed by atoms with Crippen molar-refractivity contribution in [2.24, 2.45) is 10.7 Å². The summed E-state index contributed by atoms with van der Waals surface area (Å²) in [6, 6.07) is 0.541. The molecule has 1 atom stereocenters. The van der Waals surface area contributed by atoms with Gasteiger partial charge in [-0.1, -0.05) is 19.3 Å². The molecular weight excluding hydrogens is 341 g/mol. The Labute approximate surface area is 127 Å². The van der Waals surface area contributed by atoms with Crippen LogP contribution in [0.15, 0.2) is 4.99 Å². The number of hydrogen-bond donors (Lipinski definition) is 2. The Hall–Kier alpha value is -0.0400. The summed E-state index contributed by atoms with van der Waals surface area (Å²) in [4.78, 5) is 4.40. The fourth-order valence-corrected chi connectivity index (χ4v) is 2.65. The summed E-state index contributed by atoms with van der Waals surface area (Å²) < 4.78 is 5.63. The topological polar surface area (TPSA) is 59.6 Å². The largest absolute Gasteiger partial charge is 0.376 e. The van der Waals surface area contributed by atoms with Gasteiger partial charge in [0.1, 0.15) is 0 Å². The second-order valence-electron chi connectivity index (χ2n) is 5.19. The normalized spacial score (nSPS) is 26.4. The first-order valence-corrected chi connectivity index (χ1v) is 7.02. The van der Waals surface area contributed by atoms with Crippen molar-refractivity contribution in [1.29, 1.82) is 0 Å². The lowest BCUT2D eigenvalue weighted by molar-refractivity contribution is 0.0224. The van der Waals surface area contributed by atoms with Crippen LogP contribution in [0.5, 0.6) is 0 Å². The summed E-state index contributed by atoms with van der Waals surface area (Å²) in [6.07, 6.45) is 10.3. The van der Waals surface area contributed by atoms with Crippen LogP contribution in [0.1, 0.15) is 51.4 Å². The van der Waals surface area contributed by atoms with Crippen LogP contribution in [-0.2, 0) is 4.74 Å². The molecule has 0 aromatic rings. The van der Waals surface area contributed by atoms with E-state index in [1.54, 1.807) is 0 Å². The number of aliphatic imine (C=N–C) groups is 1. The smallest absolute Gasteiger partial charge is 0.188 e. The maximum absolute atomic E-state index is 5.91. The number of nitrogens with one attached hydrogen (secondary N) is 1. The van der Waals surface area contributed by atoms with Gasteiger partial charge in [-0.25, -0.2) is 0 Å². The van der Waals surface area contributed by atoms with Crippen molar-refractivity contribution in [3.63, 3.8) is 0 Å². The molecule has 1 saturated heterocycles. The van der Waals surface area contributed by atoms with Crippen LogP contribution in [0.3, 0.4) is 0 Å². The van der Waals surface area contributed by atoms with Gasteiger partial charge in [0.2, 0.25) is 0 Å². The molecule has 0 aromatic heterocycles. The molecule has 4 nitrogen and oxygen atoms in total. The lowest BCUT2D eigenvalue weighted by atomic mass is 9.96. The lowest BCUT2D eigenvalue weighted by Crippen LogP contribution is -2.41. The molecule has 2 aliphatic rings. The fourth-order valence-electron chi connectivity index (χ4n) is 2.65. The number of hydrogen-bond acceptors (Lipinski definition) is 2. The maximum Gasteiger partial charge on any atom is 0.188 e. The summed E-state index contributed by atoms with van der Waals surface area (Å²) in [5.74, 6) is 0.603. The van der Waals surface area contributed by atoms with Crippen molar-refractivity contribution in [3.05, 3.63) is 0 Å². The van der Waals surface area contributed by atoms with E-state index in [0.29, 0.717) is 18.5 Å². The van der Waals surface area contributed by atoms with Crippen molar-refractivity contribution in [2.75, 3.05) is 13.2 Å². The number of nitrogens with two attached hydrogens (primary N) is 1. The number of halogens is 1. The summed E-state index contributed by atoms with van der Waals surface area (Å²) in [5.41, 5.74) is 5.91. The Bertz CT molecular complexity index is 249. The van der Waals surface area contributed by atoms with E-state index in [4.69, 9.17) is 10.5 Å². The van der Waals surface area contributed by atoms with Crippen molar-refractivity contribution in [3.8, 4) is 0 Å². The molecule has 2 fully saturated rings. The molecule has 0 amide bonds. The standard InChI is InChI=1S/C13H25N3O.HI/c14-13(16-11-6-2-1-3-7-11)15-10-12-8-4-5-9-17-12;/h11-12H,1-10H2,(H3,14,15,16);1H. The van der Waals surface area contributed by atoms with Gasteiger partial charge in [-0.2, -0.15) is 0 Å². The van der Waals surface area contributed by atoms with E-state index < -0.39 is 0 Å². The van der Waals surface area contributed by atoms with Gasteiger partial charge in [-0.3, -0.25) is 4.99 Å². The molecule has 1 heterocycles. The van der Waals surface area contributed by atoms with Crippen LogP contribution in [0.25, 0.3) is 0 Å². The number of rotatable bonds is 3. The predicted molar refractivity (Wildman–Crippen MR) is 85.5 cm³/mol. The van der Waals surface area contributed by atoms with Gasteiger partial charge in [0.15, 0.2) is 5.96 Å². The second kappa shape index (κ2) is 8.96. The quantitative estimate of drug-likeness (QED) is 0.458. The van der Waals surface area contributed by atoms with Crippen LogP contribution >= 0.6 is 24.0 Å². The van der Waals surface area contributed by atoms with Crippen LogP contribution in [-0.4, -0.2) is 31.3 Å². The molecule has 106 valence electrons. The molecule has 3 N–H and O–H groups in total. The minimum atomic E-state index is 0. The average molecular weight is 367 g/mol. The third-order valence-electron chi connectivity index (χ3n) is 3.70. The summed E-state index contributed by atoms with van der Waals surface area (Å²) in [7, 11) is 0. The van der Waals surface area contributed by atoms with Gasteiger partial charge in [0.05, 0.1) is 12.6 Å². The molecule has 5 heteroatoms. The Morgan fingerprint density at radius 1 is 1.11 bits per heavy atom. The molecule has 0 aromatic carbocycles. The fraction of sp³-hybridized carbons (Fsp3) is 0.923. The van der Waals surface area contributed by atoms with Crippen molar-refractivity contribution < 1.29 is 4.74 Å². The van der Waals surface area contributed by atoms with Gasteiger partial charge in [-0.05, 0) is 32.1 Å². The molecule has 0 bridgehead atoms. The Morgan fingerprint density at radius 2 is 1.83 bits per heavy atom. The van der Waals surface area contributed by atoms with Crippen LogP contribution < -0.4 is 11.1 Å². The van der Waals surface area contributed by atoms with E-state index in [-0.39, 0.29) is 30.1 Å². The monoisotopic (exact) mass is 367 g/mol. The highest BCUT2D eigenvalue weighted by Gasteiger charge is 2.15. The number of nitrogens with zero attached hydrogens (tertiary/aromatic N) is 1. The SMILES string of the molecule is I.NC(=NCC1CCCCO1)NC1CCCCC1. The maximum atomic E-state index is 5.91. The molecule has 1 aliphatic heterocycles. The first-order chi connectivity index (χ1) is 8.34. The minimum Gasteiger partial charge on any atom is -0.376 e. The summed E-state index contributed by atoms with van der Waals surface area (Å²) in [6.45, 7) is 1.60.